The topological polar surface area (TPSA) is 54.4 Å². The van der Waals surface area contributed by atoms with E-state index in [1.54, 1.807) is 19.2 Å². The molecule has 3 aromatic rings. The van der Waals surface area contributed by atoms with Crippen molar-refractivity contribution >= 4 is 17.3 Å². The molecule has 0 spiro atoms. The minimum Gasteiger partial charge on any atom is -0.493 e. The van der Waals surface area contributed by atoms with E-state index in [1.165, 1.54) is 5.56 Å². The lowest BCUT2D eigenvalue weighted by molar-refractivity contribution is -0.131. The Morgan fingerprint density at radius 3 is 2.36 bits per heavy atom. The van der Waals surface area contributed by atoms with Gasteiger partial charge >= 0.3 is 0 Å². The molecule has 0 fully saturated rings. The van der Waals surface area contributed by atoms with Crippen molar-refractivity contribution in [3.63, 3.8) is 0 Å². The van der Waals surface area contributed by atoms with E-state index in [0.717, 1.165) is 22.5 Å². The standard InChI is InChI=1S/C27H29N3O3/c1-19-10-12-20(13-11-19)24-17-23(21-14-15-25(32-3)26(16-21)33-4)28-30(24)27(31)18-29(2)22-8-6-5-7-9-22/h5-16,24H,17-18H2,1-4H3. The fourth-order valence-electron chi connectivity index (χ4n) is 4.03. The van der Waals surface area contributed by atoms with Gasteiger partial charge in [0.15, 0.2) is 11.5 Å². The number of para-hydroxylation sites is 1. The summed E-state index contributed by atoms with van der Waals surface area (Å²) in [6, 6.07) is 23.8. The number of ether oxygens (including phenoxy) is 2. The Bertz CT molecular complexity index is 1140. The van der Waals surface area contributed by atoms with E-state index in [-0.39, 0.29) is 18.5 Å². The smallest absolute Gasteiger partial charge is 0.262 e. The third-order valence-electron chi connectivity index (χ3n) is 5.91. The molecular formula is C27H29N3O3. The zero-order valence-corrected chi connectivity index (χ0v) is 19.5. The van der Waals surface area contributed by atoms with Crippen molar-refractivity contribution in [1.29, 1.82) is 0 Å². The predicted molar refractivity (Wildman–Crippen MR) is 131 cm³/mol. The molecule has 0 aromatic heterocycles. The lowest BCUT2D eigenvalue weighted by atomic mass is 9.97. The Hall–Kier alpha value is -3.80. The van der Waals surface area contributed by atoms with Gasteiger partial charge in [-0.2, -0.15) is 5.10 Å². The Labute approximate surface area is 195 Å². The number of hydrogen-bond acceptors (Lipinski definition) is 5. The Balaban J connectivity index is 1.64. The van der Waals surface area contributed by atoms with Crippen LogP contribution in [0.5, 0.6) is 11.5 Å². The van der Waals surface area contributed by atoms with E-state index in [9.17, 15) is 4.79 Å². The summed E-state index contributed by atoms with van der Waals surface area (Å²) in [4.78, 5) is 15.4. The molecule has 6 nitrogen and oxygen atoms in total. The molecule has 170 valence electrons. The van der Waals surface area contributed by atoms with Gasteiger partial charge in [-0.05, 0) is 42.8 Å². The second kappa shape index (κ2) is 9.77. The van der Waals surface area contributed by atoms with Crippen LogP contribution >= 0.6 is 0 Å². The molecule has 0 bridgehead atoms. The van der Waals surface area contributed by atoms with Crippen LogP contribution in [0.15, 0.2) is 77.9 Å². The Morgan fingerprint density at radius 1 is 1.00 bits per heavy atom. The molecule has 4 rings (SSSR count). The van der Waals surface area contributed by atoms with Gasteiger partial charge in [0.25, 0.3) is 5.91 Å². The van der Waals surface area contributed by atoms with Gasteiger partial charge in [0.1, 0.15) is 0 Å². The first-order valence-corrected chi connectivity index (χ1v) is 10.9. The minimum atomic E-state index is -0.162. The van der Waals surface area contributed by atoms with Crippen LogP contribution in [-0.4, -0.2) is 44.4 Å². The molecule has 1 heterocycles. The molecule has 0 N–H and O–H groups in total. The van der Waals surface area contributed by atoms with Gasteiger partial charge in [-0.3, -0.25) is 4.79 Å². The number of benzene rings is 3. The van der Waals surface area contributed by atoms with Gasteiger partial charge in [0.05, 0.1) is 32.5 Å². The van der Waals surface area contributed by atoms with Crippen molar-refractivity contribution in [3.05, 3.63) is 89.5 Å². The maximum Gasteiger partial charge on any atom is 0.262 e. The third-order valence-corrected chi connectivity index (χ3v) is 5.91. The molecule has 1 aliphatic heterocycles. The number of rotatable bonds is 7. The molecule has 0 saturated carbocycles. The van der Waals surface area contributed by atoms with Gasteiger partial charge in [-0.1, -0.05) is 48.0 Å². The molecule has 3 aromatic carbocycles. The second-order valence-corrected chi connectivity index (χ2v) is 8.18. The van der Waals surface area contributed by atoms with Crippen LogP contribution < -0.4 is 14.4 Å². The zero-order valence-electron chi connectivity index (χ0n) is 19.5. The lowest BCUT2D eigenvalue weighted by Crippen LogP contribution is -2.36. The first-order valence-electron chi connectivity index (χ1n) is 10.9. The van der Waals surface area contributed by atoms with E-state index in [0.29, 0.717) is 17.9 Å². The fraction of sp³-hybridized carbons (Fsp3) is 0.259. The highest BCUT2D eigenvalue weighted by Crippen LogP contribution is 2.35. The monoisotopic (exact) mass is 443 g/mol. The Kier molecular flexibility index (Phi) is 6.63. The summed E-state index contributed by atoms with van der Waals surface area (Å²) in [7, 11) is 5.15. The Morgan fingerprint density at radius 2 is 1.70 bits per heavy atom. The van der Waals surface area contributed by atoms with Gasteiger partial charge in [0, 0.05) is 24.7 Å². The third kappa shape index (κ3) is 4.85. The summed E-state index contributed by atoms with van der Waals surface area (Å²) >= 11 is 0. The minimum absolute atomic E-state index is 0.0533. The number of carbonyl (C=O) groups excluding carboxylic acids is 1. The van der Waals surface area contributed by atoms with Gasteiger partial charge < -0.3 is 14.4 Å². The largest absolute Gasteiger partial charge is 0.493 e. The van der Waals surface area contributed by atoms with Crippen LogP contribution in [0.1, 0.15) is 29.2 Å². The number of nitrogens with zero attached hydrogens (tertiary/aromatic N) is 3. The molecular weight excluding hydrogens is 414 g/mol. The van der Waals surface area contributed by atoms with Crippen molar-refractivity contribution in [2.45, 2.75) is 19.4 Å². The molecule has 33 heavy (non-hydrogen) atoms. The average Bonchev–Trinajstić information content (AvgIpc) is 3.30. The quantitative estimate of drug-likeness (QED) is 0.525. The molecule has 0 radical (unpaired) electrons. The second-order valence-electron chi connectivity index (χ2n) is 8.18. The highest BCUT2D eigenvalue weighted by atomic mass is 16.5. The van der Waals surface area contributed by atoms with E-state index in [1.807, 2.05) is 60.5 Å². The maximum absolute atomic E-state index is 13.4. The van der Waals surface area contributed by atoms with E-state index in [4.69, 9.17) is 14.6 Å². The van der Waals surface area contributed by atoms with Gasteiger partial charge in [0.2, 0.25) is 0 Å². The summed E-state index contributed by atoms with van der Waals surface area (Å²) < 4.78 is 10.8. The molecule has 1 unspecified atom stereocenters. The fourth-order valence-corrected chi connectivity index (χ4v) is 4.03. The van der Waals surface area contributed by atoms with Crippen LogP contribution in [-0.2, 0) is 4.79 Å². The van der Waals surface area contributed by atoms with E-state index >= 15 is 0 Å². The number of hydrazone groups is 1. The van der Waals surface area contributed by atoms with Crippen molar-refractivity contribution in [2.24, 2.45) is 5.10 Å². The predicted octanol–water partition coefficient (Wildman–Crippen LogP) is 4.83. The molecule has 0 aliphatic carbocycles. The number of anilines is 1. The van der Waals surface area contributed by atoms with E-state index in [2.05, 4.69) is 31.2 Å². The molecule has 6 heteroatoms. The summed E-state index contributed by atoms with van der Waals surface area (Å²) in [5.41, 5.74) is 4.99. The normalized spacial score (nSPS) is 15.2. The SMILES string of the molecule is COc1ccc(C2=NN(C(=O)CN(C)c3ccccc3)C(c3ccc(C)cc3)C2)cc1OC. The molecule has 0 saturated heterocycles. The number of amides is 1. The highest BCUT2D eigenvalue weighted by molar-refractivity contribution is 6.04. The van der Waals surface area contributed by atoms with Crippen LogP contribution in [0, 0.1) is 6.92 Å². The lowest BCUT2D eigenvalue weighted by Gasteiger charge is -2.25. The number of likely N-dealkylation sites (N-methyl/N-ethyl adjacent to an activating group) is 1. The summed E-state index contributed by atoms with van der Waals surface area (Å²) in [5.74, 6) is 1.24. The number of aryl methyl sites for hydroxylation is 1. The first kappa shape index (κ1) is 22.4. The number of methoxy groups -OCH3 is 2. The van der Waals surface area contributed by atoms with Gasteiger partial charge in [-0.25, -0.2) is 5.01 Å². The summed E-state index contributed by atoms with van der Waals surface area (Å²) in [6.07, 6.45) is 0.624. The van der Waals surface area contributed by atoms with Crippen LogP contribution in [0.2, 0.25) is 0 Å². The van der Waals surface area contributed by atoms with Crippen molar-refractivity contribution < 1.29 is 14.3 Å². The van der Waals surface area contributed by atoms with Crippen molar-refractivity contribution in [2.75, 3.05) is 32.7 Å². The average molecular weight is 444 g/mol. The van der Waals surface area contributed by atoms with Crippen molar-refractivity contribution in [1.82, 2.24) is 5.01 Å². The zero-order chi connectivity index (χ0) is 23.4. The van der Waals surface area contributed by atoms with E-state index < -0.39 is 0 Å². The summed E-state index contributed by atoms with van der Waals surface area (Å²) in [6.45, 7) is 2.29. The summed E-state index contributed by atoms with van der Waals surface area (Å²) in [5, 5.41) is 6.43. The van der Waals surface area contributed by atoms with Gasteiger partial charge in [-0.15, -0.1) is 0 Å². The van der Waals surface area contributed by atoms with Crippen LogP contribution in [0.25, 0.3) is 0 Å². The molecule has 1 aliphatic rings. The molecule has 1 atom stereocenters. The highest BCUT2D eigenvalue weighted by Gasteiger charge is 2.33. The first-order chi connectivity index (χ1) is 16.0. The van der Waals surface area contributed by atoms with Crippen LogP contribution in [0.4, 0.5) is 5.69 Å². The van der Waals surface area contributed by atoms with Crippen molar-refractivity contribution in [3.8, 4) is 11.5 Å². The molecule has 1 amide bonds. The number of carbonyl (C=O) groups is 1. The maximum atomic E-state index is 13.4. The van der Waals surface area contributed by atoms with Crippen LogP contribution in [0.3, 0.4) is 0 Å². The number of hydrogen-bond donors (Lipinski definition) is 0.